The molecule has 1 aliphatic heterocycles. The first-order chi connectivity index (χ1) is 12.5. The minimum Gasteiger partial charge on any atom is -0.467 e. The first-order valence-electron chi connectivity index (χ1n) is 8.08. The SMILES string of the molecule is COC(=O)C1CCCN(C(=O)OCc2ccccc2)N1C(=O)C(Br)CBr. The van der Waals surface area contributed by atoms with E-state index in [0.717, 1.165) is 10.6 Å². The first kappa shape index (κ1) is 20.7. The number of amides is 2. The number of alkyl halides is 2. The number of carbonyl (C=O) groups is 3. The van der Waals surface area contributed by atoms with Crippen LogP contribution in [0.4, 0.5) is 4.79 Å². The summed E-state index contributed by atoms with van der Waals surface area (Å²) in [6, 6.07) is 8.38. The fourth-order valence-electron chi connectivity index (χ4n) is 2.64. The molecule has 0 N–H and O–H groups in total. The van der Waals surface area contributed by atoms with Gasteiger partial charge in [-0.3, -0.25) is 4.79 Å². The molecule has 2 amide bonds. The van der Waals surface area contributed by atoms with Crippen LogP contribution < -0.4 is 0 Å². The molecule has 1 saturated heterocycles. The Morgan fingerprint density at radius 3 is 2.58 bits per heavy atom. The number of nitrogens with zero attached hydrogens (tertiary/aromatic N) is 2. The highest BCUT2D eigenvalue weighted by atomic mass is 79.9. The summed E-state index contributed by atoms with van der Waals surface area (Å²) in [6.07, 6.45) is 0.304. The highest BCUT2D eigenvalue weighted by molar-refractivity contribution is 9.12. The zero-order chi connectivity index (χ0) is 19.1. The smallest absolute Gasteiger partial charge is 0.429 e. The van der Waals surface area contributed by atoms with Crippen LogP contribution in [-0.2, 0) is 25.7 Å². The Morgan fingerprint density at radius 1 is 1.27 bits per heavy atom. The van der Waals surface area contributed by atoms with Gasteiger partial charge >= 0.3 is 12.1 Å². The van der Waals surface area contributed by atoms with Crippen LogP contribution in [0.1, 0.15) is 18.4 Å². The van der Waals surface area contributed by atoms with Gasteiger partial charge in [0, 0.05) is 11.9 Å². The van der Waals surface area contributed by atoms with E-state index in [9.17, 15) is 14.4 Å². The van der Waals surface area contributed by atoms with Crippen LogP contribution in [0.15, 0.2) is 30.3 Å². The van der Waals surface area contributed by atoms with Crippen LogP contribution in [0.5, 0.6) is 0 Å². The van der Waals surface area contributed by atoms with Crippen LogP contribution in [0.3, 0.4) is 0 Å². The van der Waals surface area contributed by atoms with Crippen LogP contribution >= 0.6 is 31.9 Å². The Kier molecular flexibility index (Phi) is 7.89. The van der Waals surface area contributed by atoms with E-state index in [1.54, 1.807) is 0 Å². The van der Waals surface area contributed by atoms with Crippen LogP contribution in [0, 0.1) is 0 Å². The molecule has 1 heterocycles. The molecule has 142 valence electrons. The maximum absolute atomic E-state index is 12.7. The van der Waals surface area contributed by atoms with Crippen molar-refractivity contribution in [3.63, 3.8) is 0 Å². The Balaban J connectivity index is 2.17. The van der Waals surface area contributed by atoms with Gasteiger partial charge in [0.25, 0.3) is 5.91 Å². The third kappa shape index (κ3) is 4.97. The van der Waals surface area contributed by atoms with Gasteiger partial charge in [-0.15, -0.1) is 0 Å². The molecule has 0 aliphatic carbocycles. The topological polar surface area (TPSA) is 76.2 Å². The summed E-state index contributed by atoms with van der Waals surface area (Å²) >= 11 is 6.49. The minimum absolute atomic E-state index is 0.0806. The second-order valence-corrected chi connectivity index (χ2v) is 7.40. The number of esters is 1. The number of ether oxygens (including phenoxy) is 2. The largest absolute Gasteiger partial charge is 0.467 e. The summed E-state index contributed by atoms with van der Waals surface area (Å²) in [5.41, 5.74) is 0.832. The minimum atomic E-state index is -0.857. The summed E-state index contributed by atoms with van der Waals surface area (Å²) in [5, 5.41) is 2.68. The zero-order valence-electron chi connectivity index (χ0n) is 14.3. The predicted octanol–water partition coefficient (Wildman–Crippen LogP) is 2.86. The lowest BCUT2D eigenvalue weighted by Crippen LogP contribution is -2.62. The van der Waals surface area contributed by atoms with Gasteiger partial charge in [0.05, 0.1) is 7.11 Å². The molecule has 0 spiro atoms. The second-order valence-electron chi connectivity index (χ2n) is 5.65. The number of hydrogen-bond acceptors (Lipinski definition) is 5. The van der Waals surface area contributed by atoms with Crippen molar-refractivity contribution >= 4 is 49.8 Å². The lowest BCUT2D eigenvalue weighted by Gasteiger charge is -2.42. The average Bonchev–Trinajstić information content (AvgIpc) is 2.70. The second kappa shape index (κ2) is 9.91. The molecule has 9 heteroatoms. The van der Waals surface area contributed by atoms with Crippen LogP contribution in [-0.4, -0.2) is 57.8 Å². The molecule has 1 aromatic rings. The summed E-state index contributed by atoms with van der Waals surface area (Å²) in [7, 11) is 1.26. The van der Waals surface area contributed by atoms with E-state index >= 15 is 0 Å². The molecule has 2 unspecified atom stereocenters. The molecule has 1 aliphatic rings. The lowest BCUT2D eigenvalue weighted by molar-refractivity contribution is -0.171. The van der Waals surface area contributed by atoms with Crippen molar-refractivity contribution in [3.8, 4) is 0 Å². The van der Waals surface area contributed by atoms with Crippen molar-refractivity contribution in [2.45, 2.75) is 30.3 Å². The van der Waals surface area contributed by atoms with E-state index in [-0.39, 0.29) is 13.2 Å². The molecule has 0 saturated carbocycles. The molecule has 26 heavy (non-hydrogen) atoms. The lowest BCUT2D eigenvalue weighted by atomic mass is 10.1. The van der Waals surface area contributed by atoms with Crippen molar-refractivity contribution in [2.75, 3.05) is 19.0 Å². The molecule has 1 aromatic carbocycles. The maximum atomic E-state index is 12.7. The molecule has 1 fully saturated rings. The Labute approximate surface area is 168 Å². The summed E-state index contributed by atoms with van der Waals surface area (Å²) < 4.78 is 10.1. The zero-order valence-corrected chi connectivity index (χ0v) is 17.4. The Hall–Kier alpha value is -1.61. The van der Waals surface area contributed by atoms with Crippen molar-refractivity contribution in [2.24, 2.45) is 0 Å². The van der Waals surface area contributed by atoms with Gasteiger partial charge in [0.2, 0.25) is 0 Å². The van der Waals surface area contributed by atoms with Crippen molar-refractivity contribution in [1.29, 1.82) is 0 Å². The fraction of sp³-hybridized carbons (Fsp3) is 0.471. The van der Waals surface area contributed by atoms with E-state index in [2.05, 4.69) is 31.9 Å². The number of methoxy groups -OCH3 is 1. The molecular formula is C17H20Br2N2O5. The standard InChI is InChI=1S/C17H20Br2N2O5/c1-25-16(23)14-8-5-9-20(21(14)15(22)13(19)10-18)17(24)26-11-12-6-3-2-4-7-12/h2-4,6-7,13-14H,5,8-11H2,1H3. The molecule has 2 rings (SSSR count). The van der Waals surface area contributed by atoms with Crippen molar-refractivity contribution in [3.05, 3.63) is 35.9 Å². The van der Waals surface area contributed by atoms with Gasteiger partial charge in [0.1, 0.15) is 11.4 Å². The Morgan fingerprint density at radius 2 is 1.96 bits per heavy atom. The van der Waals surface area contributed by atoms with E-state index in [0.29, 0.717) is 18.2 Å². The Bertz CT molecular complexity index is 643. The van der Waals surface area contributed by atoms with Gasteiger partial charge < -0.3 is 9.47 Å². The molecule has 7 nitrogen and oxygen atoms in total. The number of hydrogen-bond donors (Lipinski definition) is 0. The molecular weight excluding hydrogens is 472 g/mol. The predicted molar refractivity (Wildman–Crippen MR) is 102 cm³/mol. The number of rotatable bonds is 5. The highest BCUT2D eigenvalue weighted by Crippen LogP contribution is 2.24. The quantitative estimate of drug-likeness (QED) is 0.467. The maximum Gasteiger partial charge on any atom is 0.429 e. The van der Waals surface area contributed by atoms with Crippen LogP contribution in [0.25, 0.3) is 0 Å². The van der Waals surface area contributed by atoms with E-state index in [4.69, 9.17) is 9.47 Å². The monoisotopic (exact) mass is 490 g/mol. The summed E-state index contributed by atoms with van der Waals surface area (Å²) in [5.74, 6) is -0.971. The van der Waals surface area contributed by atoms with Gasteiger partial charge in [-0.1, -0.05) is 62.2 Å². The number of halogens is 2. The highest BCUT2D eigenvalue weighted by Gasteiger charge is 2.42. The average molecular weight is 492 g/mol. The van der Waals surface area contributed by atoms with E-state index in [1.807, 2.05) is 30.3 Å². The number of hydrazine groups is 1. The fourth-order valence-corrected chi connectivity index (χ4v) is 3.13. The normalized spacial score (nSPS) is 18.2. The molecule has 0 radical (unpaired) electrons. The molecule has 2 atom stereocenters. The van der Waals surface area contributed by atoms with Crippen molar-refractivity contribution in [1.82, 2.24) is 10.0 Å². The van der Waals surface area contributed by atoms with E-state index < -0.39 is 28.8 Å². The van der Waals surface area contributed by atoms with Gasteiger partial charge in [-0.05, 0) is 18.4 Å². The number of carbonyl (C=O) groups excluding carboxylic acids is 3. The summed E-state index contributed by atoms with van der Waals surface area (Å²) in [4.78, 5) is 36.9. The third-order valence-corrected chi connectivity index (χ3v) is 6.15. The van der Waals surface area contributed by atoms with Crippen LogP contribution in [0.2, 0.25) is 0 Å². The van der Waals surface area contributed by atoms with E-state index in [1.165, 1.54) is 12.1 Å². The number of benzene rings is 1. The van der Waals surface area contributed by atoms with Gasteiger partial charge in [-0.2, -0.15) is 0 Å². The first-order valence-corrected chi connectivity index (χ1v) is 10.1. The van der Waals surface area contributed by atoms with Crippen molar-refractivity contribution < 1.29 is 23.9 Å². The molecule has 0 bridgehead atoms. The third-order valence-electron chi connectivity index (χ3n) is 3.92. The van der Waals surface area contributed by atoms with Gasteiger partial charge in [-0.25, -0.2) is 19.6 Å². The summed E-state index contributed by atoms with van der Waals surface area (Å²) in [6.45, 7) is 0.367. The molecule has 0 aromatic heterocycles. The van der Waals surface area contributed by atoms with Gasteiger partial charge in [0.15, 0.2) is 6.04 Å².